The van der Waals surface area contributed by atoms with Gasteiger partial charge in [0.25, 0.3) is 0 Å². The molecule has 1 amide bonds. The van der Waals surface area contributed by atoms with E-state index >= 15 is 0 Å². The van der Waals surface area contributed by atoms with Gasteiger partial charge in [-0.05, 0) is 67.2 Å². The summed E-state index contributed by atoms with van der Waals surface area (Å²) < 4.78 is 0. The highest BCUT2D eigenvalue weighted by molar-refractivity contribution is 6.30. The first kappa shape index (κ1) is 16.5. The first-order chi connectivity index (χ1) is 12.2. The minimum absolute atomic E-state index is 0.0630. The molecule has 0 spiro atoms. The van der Waals surface area contributed by atoms with Gasteiger partial charge in [0.2, 0.25) is 11.7 Å². The van der Waals surface area contributed by atoms with E-state index in [0.717, 1.165) is 44.6 Å². The van der Waals surface area contributed by atoms with E-state index in [1.54, 1.807) is 12.1 Å². The summed E-state index contributed by atoms with van der Waals surface area (Å²) >= 11 is 5.89. The number of nitrogens with one attached hydrogen (secondary N) is 1. The Hall–Kier alpha value is -1.99. The van der Waals surface area contributed by atoms with Crippen molar-refractivity contribution in [2.24, 2.45) is 11.8 Å². The molecule has 0 radical (unpaired) electrons. The van der Waals surface area contributed by atoms with Gasteiger partial charge in [0.05, 0.1) is 0 Å². The predicted molar refractivity (Wildman–Crippen MR) is 93.9 cm³/mol. The largest absolute Gasteiger partial charge is 0.341 e. The fraction of sp³-hybridized carbons (Fsp3) is 0.529. The van der Waals surface area contributed by atoms with Crippen molar-refractivity contribution in [2.45, 2.75) is 19.4 Å². The predicted octanol–water partition coefficient (Wildman–Crippen LogP) is 1.45. The standard InChI is InChI=1S/C17H21ClN6O/c18-15-3-1-12(2-4-15)17-20-22-24(21-17)11-16(25)23-7-5-13-9-19-10-14(13)6-8-23/h1-4,13-14,19H,5-11H2/t13-,14+. The highest BCUT2D eigenvalue weighted by Crippen LogP contribution is 2.27. The van der Waals surface area contributed by atoms with Crippen LogP contribution >= 0.6 is 11.6 Å². The van der Waals surface area contributed by atoms with E-state index in [2.05, 4.69) is 20.7 Å². The van der Waals surface area contributed by atoms with Crippen molar-refractivity contribution in [1.29, 1.82) is 0 Å². The number of halogens is 1. The van der Waals surface area contributed by atoms with E-state index in [1.165, 1.54) is 4.80 Å². The van der Waals surface area contributed by atoms with Gasteiger partial charge >= 0.3 is 0 Å². The van der Waals surface area contributed by atoms with Crippen molar-refractivity contribution in [3.8, 4) is 11.4 Å². The van der Waals surface area contributed by atoms with Crippen LogP contribution in [0.15, 0.2) is 24.3 Å². The lowest BCUT2D eigenvalue weighted by atomic mass is 9.92. The smallest absolute Gasteiger partial charge is 0.246 e. The molecule has 0 saturated carbocycles. The summed E-state index contributed by atoms with van der Waals surface area (Å²) in [6, 6.07) is 7.25. The third kappa shape index (κ3) is 3.67. The number of likely N-dealkylation sites (tertiary alicyclic amines) is 1. The van der Waals surface area contributed by atoms with E-state index < -0.39 is 0 Å². The third-order valence-corrected chi connectivity index (χ3v) is 5.46. The van der Waals surface area contributed by atoms with Crippen LogP contribution in [0.25, 0.3) is 11.4 Å². The maximum absolute atomic E-state index is 12.6. The Morgan fingerprint density at radius 1 is 1.16 bits per heavy atom. The number of hydrogen-bond donors (Lipinski definition) is 1. The molecular weight excluding hydrogens is 340 g/mol. The second-order valence-corrected chi connectivity index (χ2v) is 7.22. The maximum Gasteiger partial charge on any atom is 0.246 e. The van der Waals surface area contributed by atoms with Crippen molar-refractivity contribution < 1.29 is 4.79 Å². The maximum atomic E-state index is 12.6. The minimum Gasteiger partial charge on any atom is -0.341 e. The van der Waals surface area contributed by atoms with Crippen LogP contribution in [0.5, 0.6) is 0 Å². The molecular formula is C17H21ClN6O. The molecule has 0 unspecified atom stereocenters. The zero-order chi connectivity index (χ0) is 17.2. The molecule has 4 rings (SSSR count). The lowest BCUT2D eigenvalue weighted by molar-refractivity contribution is -0.132. The Morgan fingerprint density at radius 2 is 1.84 bits per heavy atom. The fourth-order valence-corrected chi connectivity index (χ4v) is 3.84. The van der Waals surface area contributed by atoms with Gasteiger partial charge < -0.3 is 10.2 Å². The Morgan fingerprint density at radius 3 is 2.52 bits per heavy atom. The molecule has 25 heavy (non-hydrogen) atoms. The molecule has 1 aromatic heterocycles. The summed E-state index contributed by atoms with van der Waals surface area (Å²) in [6.45, 7) is 3.94. The number of carbonyl (C=O) groups excluding carboxylic acids is 1. The highest BCUT2D eigenvalue weighted by atomic mass is 35.5. The Balaban J connectivity index is 1.38. The molecule has 0 aliphatic carbocycles. The molecule has 2 saturated heterocycles. The number of hydrogen-bond acceptors (Lipinski definition) is 5. The van der Waals surface area contributed by atoms with Crippen LogP contribution in [0.4, 0.5) is 0 Å². The molecule has 2 atom stereocenters. The van der Waals surface area contributed by atoms with Crippen molar-refractivity contribution in [3.63, 3.8) is 0 Å². The van der Waals surface area contributed by atoms with Crippen molar-refractivity contribution in [2.75, 3.05) is 26.2 Å². The molecule has 1 N–H and O–H groups in total. The Bertz CT molecular complexity index is 732. The van der Waals surface area contributed by atoms with Gasteiger partial charge in [0.15, 0.2) is 0 Å². The number of nitrogens with zero attached hydrogens (tertiary/aromatic N) is 5. The molecule has 1 aromatic carbocycles. The van der Waals surface area contributed by atoms with Crippen LogP contribution in [0.2, 0.25) is 5.02 Å². The number of amides is 1. The van der Waals surface area contributed by atoms with E-state index in [-0.39, 0.29) is 12.5 Å². The van der Waals surface area contributed by atoms with Crippen LogP contribution in [0.1, 0.15) is 12.8 Å². The highest BCUT2D eigenvalue weighted by Gasteiger charge is 2.31. The molecule has 7 nitrogen and oxygen atoms in total. The zero-order valence-electron chi connectivity index (χ0n) is 13.9. The van der Waals surface area contributed by atoms with Crippen molar-refractivity contribution >= 4 is 17.5 Å². The molecule has 2 fully saturated rings. The summed E-state index contributed by atoms with van der Waals surface area (Å²) in [7, 11) is 0. The van der Waals surface area contributed by atoms with Gasteiger partial charge in [-0.15, -0.1) is 10.2 Å². The Kier molecular flexibility index (Phi) is 4.67. The summed E-state index contributed by atoms with van der Waals surface area (Å²) in [6.07, 6.45) is 2.15. The van der Waals surface area contributed by atoms with Crippen molar-refractivity contribution in [3.05, 3.63) is 29.3 Å². The number of fused-ring (bicyclic) bond motifs is 1. The van der Waals surface area contributed by atoms with E-state index in [9.17, 15) is 4.79 Å². The Labute approximate surface area is 151 Å². The van der Waals surface area contributed by atoms with E-state index in [0.29, 0.717) is 22.7 Å². The van der Waals surface area contributed by atoms with Crippen molar-refractivity contribution in [1.82, 2.24) is 30.4 Å². The number of benzene rings is 1. The van der Waals surface area contributed by atoms with E-state index in [1.807, 2.05) is 17.0 Å². The van der Waals surface area contributed by atoms with Crippen LogP contribution in [0, 0.1) is 11.8 Å². The van der Waals surface area contributed by atoms with Crippen LogP contribution in [-0.4, -0.2) is 57.2 Å². The summed E-state index contributed by atoms with van der Waals surface area (Å²) in [5.74, 6) is 1.98. The molecule has 2 aliphatic heterocycles. The molecule has 8 heteroatoms. The minimum atomic E-state index is 0.0630. The molecule has 0 bridgehead atoms. The zero-order valence-corrected chi connectivity index (χ0v) is 14.7. The topological polar surface area (TPSA) is 75.9 Å². The SMILES string of the molecule is O=C(Cn1nnc(-c2ccc(Cl)cc2)n1)N1CC[C@@H]2CNC[C@@H]2CC1. The third-order valence-electron chi connectivity index (χ3n) is 5.20. The summed E-state index contributed by atoms with van der Waals surface area (Å²) in [4.78, 5) is 15.9. The number of tetrazole rings is 1. The van der Waals surface area contributed by atoms with Gasteiger partial charge in [0, 0.05) is 23.7 Å². The number of aromatic nitrogens is 4. The molecule has 3 heterocycles. The summed E-state index contributed by atoms with van der Waals surface area (Å²) in [5.41, 5.74) is 0.832. The molecule has 2 aromatic rings. The van der Waals surface area contributed by atoms with Crippen LogP contribution in [-0.2, 0) is 11.3 Å². The first-order valence-electron chi connectivity index (χ1n) is 8.71. The molecule has 2 aliphatic rings. The van der Waals surface area contributed by atoms with Crippen LogP contribution < -0.4 is 5.32 Å². The monoisotopic (exact) mass is 360 g/mol. The number of carbonyl (C=O) groups is 1. The second kappa shape index (κ2) is 7.09. The first-order valence-corrected chi connectivity index (χ1v) is 9.09. The van der Waals surface area contributed by atoms with Gasteiger partial charge in [-0.25, -0.2) is 0 Å². The normalized spacial score (nSPS) is 23.3. The van der Waals surface area contributed by atoms with E-state index in [4.69, 9.17) is 11.6 Å². The molecule has 132 valence electrons. The average molecular weight is 361 g/mol. The summed E-state index contributed by atoms with van der Waals surface area (Å²) in [5, 5.41) is 16.5. The van der Waals surface area contributed by atoms with Gasteiger partial charge in [-0.2, -0.15) is 4.80 Å². The lowest BCUT2D eigenvalue weighted by Gasteiger charge is -2.20. The van der Waals surface area contributed by atoms with Gasteiger partial charge in [-0.1, -0.05) is 11.6 Å². The van der Waals surface area contributed by atoms with Crippen LogP contribution in [0.3, 0.4) is 0 Å². The lowest BCUT2D eigenvalue weighted by Crippen LogP contribution is -2.35. The quantitative estimate of drug-likeness (QED) is 0.896. The average Bonchev–Trinajstić information content (AvgIpc) is 3.21. The van der Waals surface area contributed by atoms with Gasteiger partial charge in [0.1, 0.15) is 6.54 Å². The fourth-order valence-electron chi connectivity index (χ4n) is 3.71. The number of rotatable bonds is 3. The second-order valence-electron chi connectivity index (χ2n) is 6.79. The van der Waals surface area contributed by atoms with Gasteiger partial charge in [-0.3, -0.25) is 4.79 Å².